The number of aryl methyl sites for hydroxylation is 1. The molecule has 2 heterocycles. The number of fused-ring (bicyclic) bond motifs is 2. The molecule has 1 aromatic heterocycles. The Balaban J connectivity index is 1.17. The molecule has 1 amide bonds. The summed E-state index contributed by atoms with van der Waals surface area (Å²) in [5.41, 5.74) is 9.35. The Bertz CT molecular complexity index is 1040. The summed E-state index contributed by atoms with van der Waals surface area (Å²) in [5, 5.41) is 1.28. The van der Waals surface area contributed by atoms with Crippen molar-refractivity contribution in [3.05, 3.63) is 59.2 Å². The molecule has 6 heteroatoms. The summed E-state index contributed by atoms with van der Waals surface area (Å²) in [4.78, 5) is 16.5. The van der Waals surface area contributed by atoms with Gasteiger partial charge in [-0.05, 0) is 59.6 Å². The van der Waals surface area contributed by atoms with Gasteiger partial charge in [-0.15, -0.1) is 0 Å². The highest BCUT2D eigenvalue weighted by atomic mass is 32.1. The third kappa shape index (κ3) is 3.63. The smallest absolute Gasteiger partial charge is 0.224 e. The topological polar surface area (TPSA) is 62.5 Å². The summed E-state index contributed by atoms with van der Waals surface area (Å²) in [5.74, 6) is 0.865. The molecule has 0 radical (unpaired) electrons. The molecule has 5 nitrogen and oxygen atoms in total. The summed E-state index contributed by atoms with van der Waals surface area (Å²) < 4.78 is 5.97. The molecule has 150 valence electrons. The molecule has 29 heavy (non-hydrogen) atoms. The number of primary amides is 1. The van der Waals surface area contributed by atoms with Crippen molar-refractivity contribution in [2.45, 2.75) is 25.2 Å². The van der Waals surface area contributed by atoms with Gasteiger partial charge in [0.1, 0.15) is 5.82 Å². The highest BCUT2D eigenvalue weighted by molar-refractivity contribution is 7.13. The molecule has 2 aromatic carbocycles. The summed E-state index contributed by atoms with van der Waals surface area (Å²) in [6, 6.07) is 15.1. The van der Waals surface area contributed by atoms with Crippen molar-refractivity contribution >= 4 is 33.3 Å². The number of benzene rings is 2. The lowest BCUT2D eigenvalue weighted by Crippen LogP contribution is -2.47. The molecule has 2 N–H and O–H groups in total. The lowest BCUT2D eigenvalue weighted by molar-refractivity contribution is -0.119. The van der Waals surface area contributed by atoms with E-state index in [1.54, 1.807) is 11.5 Å². The van der Waals surface area contributed by atoms with E-state index in [1.165, 1.54) is 21.2 Å². The minimum atomic E-state index is -0.192. The maximum Gasteiger partial charge on any atom is 0.224 e. The second-order valence-electron chi connectivity index (χ2n) is 8.11. The standard InChI is InChI=1S/C23H26N4OS/c24-22(28)19-8-6-17-15-16(5-7-18(17)19)9-10-26-11-13-27(14-12-26)23-20-3-1-2-4-21(20)29-25-23/h1-5,7,15,19H,6,8-14H2,(H2,24,28). The van der Waals surface area contributed by atoms with E-state index < -0.39 is 0 Å². The molecule has 5 rings (SSSR count). The molecule has 1 aliphatic carbocycles. The van der Waals surface area contributed by atoms with Gasteiger partial charge < -0.3 is 10.6 Å². The number of hydrogen-bond acceptors (Lipinski definition) is 5. The van der Waals surface area contributed by atoms with Crippen molar-refractivity contribution in [1.82, 2.24) is 9.27 Å². The third-order valence-corrected chi connectivity index (χ3v) is 7.19. The third-order valence-electron chi connectivity index (χ3n) is 6.38. The zero-order valence-electron chi connectivity index (χ0n) is 16.5. The minimum absolute atomic E-state index is 0.0890. The number of nitrogens with two attached hydrogens (primary N) is 1. The Hall–Kier alpha value is -2.44. The molecule has 0 spiro atoms. The van der Waals surface area contributed by atoms with Crippen LogP contribution < -0.4 is 10.6 Å². The number of carbonyl (C=O) groups is 1. The van der Waals surface area contributed by atoms with Crippen LogP contribution in [0.25, 0.3) is 10.1 Å². The SMILES string of the molecule is NC(=O)C1CCc2cc(CCN3CCN(c4nsc5ccccc45)CC3)ccc21. The average molecular weight is 407 g/mol. The van der Waals surface area contributed by atoms with E-state index in [2.05, 4.69) is 52.3 Å². The van der Waals surface area contributed by atoms with Crippen LogP contribution in [0.1, 0.15) is 29.0 Å². The molecular formula is C23H26N4OS. The van der Waals surface area contributed by atoms with E-state index in [9.17, 15) is 4.79 Å². The van der Waals surface area contributed by atoms with Crippen LogP contribution in [-0.4, -0.2) is 47.9 Å². The van der Waals surface area contributed by atoms with Crippen LogP contribution in [0.5, 0.6) is 0 Å². The fraction of sp³-hybridized carbons (Fsp3) is 0.391. The number of amides is 1. The number of piperazine rings is 1. The van der Waals surface area contributed by atoms with Crippen LogP contribution in [0, 0.1) is 0 Å². The van der Waals surface area contributed by atoms with E-state index in [0.29, 0.717) is 0 Å². The van der Waals surface area contributed by atoms with Gasteiger partial charge in [0.2, 0.25) is 5.91 Å². The summed E-state index contributed by atoms with van der Waals surface area (Å²) in [6.07, 6.45) is 2.88. The van der Waals surface area contributed by atoms with Gasteiger partial charge in [0.15, 0.2) is 0 Å². The molecule has 1 unspecified atom stereocenters. The first kappa shape index (κ1) is 18.6. The Morgan fingerprint density at radius 3 is 2.79 bits per heavy atom. The Kier molecular flexibility index (Phi) is 4.97. The van der Waals surface area contributed by atoms with Gasteiger partial charge in [-0.3, -0.25) is 9.69 Å². The van der Waals surface area contributed by atoms with E-state index in [0.717, 1.165) is 63.4 Å². The van der Waals surface area contributed by atoms with Crippen LogP contribution >= 0.6 is 11.5 Å². The summed E-state index contributed by atoms with van der Waals surface area (Å²) >= 11 is 1.59. The van der Waals surface area contributed by atoms with Gasteiger partial charge >= 0.3 is 0 Å². The van der Waals surface area contributed by atoms with Crippen LogP contribution in [-0.2, 0) is 17.6 Å². The molecular weight excluding hydrogens is 380 g/mol. The lowest BCUT2D eigenvalue weighted by atomic mass is 9.98. The number of anilines is 1. The molecule has 1 atom stereocenters. The summed E-state index contributed by atoms with van der Waals surface area (Å²) in [7, 11) is 0. The zero-order chi connectivity index (χ0) is 19.8. The first-order valence-corrected chi connectivity index (χ1v) is 11.2. The van der Waals surface area contributed by atoms with E-state index in [-0.39, 0.29) is 11.8 Å². The monoisotopic (exact) mass is 406 g/mol. The van der Waals surface area contributed by atoms with Crippen molar-refractivity contribution < 1.29 is 4.79 Å². The first-order chi connectivity index (χ1) is 14.2. The van der Waals surface area contributed by atoms with Crippen LogP contribution in [0.3, 0.4) is 0 Å². The average Bonchev–Trinajstić information content (AvgIpc) is 3.37. The van der Waals surface area contributed by atoms with Gasteiger partial charge in [0.25, 0.3) is 0 Å². The van der Waals surface area contributed by atoms with E-state index >= 15 is 0 Å². The van der Waals surface area contributed by atoms with Crippen molar-refractivity contribution in [3.63, 3.8) is 0 Å². The first-order valence-electron chi connectivity index (χ1n) is 10.4. The maximum atomic E-state index is 11.6. The Labute approximate surface area is 175 Å². The Morgan fingerprint density at radius 1 is 1.14 bits per heavy atom. The molecule has 0 bridgehead atoms. The second kappa shape index (κ2) is 7.76. The summed E-state index contributed by atoms with van der Waals surface area (Å²) in [6.45, 7) is 5.27. The highest BCUT2D eigenvalue weighted by Crippen LogP contribution is 2.33. The molecule has 1 fully saturated rings. The number of rotatable bonds is 5. The number of hydrogen-bond donors (Lipinski definition) is 1. The van der Waals surface area contributed by atoms with Gasteiger partial charge in [-0.25, -0.2) is 0 Å². The number of carbonyl (C=O) groups excluding carboxylic acids is 1. The molecule has 2 aliphatic rings. The number of nitrogens with zero attached hydrogens (tertiary/aromatic N) is 3. The van der Waals surface area contributed by atoms with Crippen molar-refractivity contribution in [2.24, 2.45) is 5.73 Å². The van der Waals surface area contributed by atoms with Gasteiger partial charge in [0, 0.05) is 38.1 Å². The predicted molar refractivity (Wildman–Crippen MR) is 119 cm³/mol. The Morgan fingerprint density at radius 2 is 1.97 bits per heavy atom. The minimum Gasteiger partial charge on any atom is -0.369 e. The fourth-order valence-electron chi connectivity index (χ4n) is 4.69. The number of aromatic nitrogens is 1. The normalized spacial score (nSPS) is 19.6. The highest BCUT2D eigenvalue weighted by Gasteiger charge is 2.27. The van der Waals surface area contributed by atoms with Crippen molar-refractivity contribution in [1.29, 1.82) is 0 Å². The maximum absolute atomic E-state index is 11.6. The van der Waals surface area contributed by atoms with Crippen LogP contribution in [0.15, 0.2) is 42.5 Å². The lowest BCUT2D eigenvalue weighted by Gasteiger charge is -2.35. The zero-order valence-corrected chi connectivity index (χ0v) is 17.3. The van der Waals surface area contributed by atoms with Gasteiger partial charge in [0.05, 0.1) is 10.6 Å². The molecule has 1 saturated heterocycles. The van der Waals surface area contributed by atoms with Crippen LogP contribution in [0.4, 0.5) is 5.82 Å². The van der Waals surface area contributed by atoms with Crippen molar-refractivity contribution in [3.8, 4) is 0 Å². The molecule has 0 saturated carbocycles. The van der Waals surface area contributed by atoms with Crippen molar-refractivity contribution in [2.75, 3.05) is 37.6 Å². The second-order valence-corrected chi connectivity index (χ2v) is 8.91. The van der Waals surface area contributed by atoms with Gasteiger partial charge in [-0.2, -0.15) is 4.37 Å². The quantitative estimate of drug-likeness (QED) is 0.707. The predicted octanol–water partition coefficient (Wildman–Crippen LogP) is 3.18. The molecule has 1 aliphatic heterocycles. The van der Waals surface area contributed by atoms with Crippen LogP contribution in [0.2, 0.25) is 0 Å². The van der Waals surface area contributed by atoms with Gasteiger partial charge in [-0.1, -0.05) is 30.3 Å². The molecule has 3 aromatic rings. The van der Waals surface area contributed by atoms with E-state index in [1.807, 2.05) is 0 Å². The fourth-order valence-corrected chi connectivity index (χ4v) is 5.49. The largest absolute Gasteiger partial charge is 0.369 e. The van der Waals surface area contributed by atoms with E-state index in [4.69, 9.17) is 10.1 Å².